The number of benzene rings is 1. The second-order valence-electron chi connectivity index (χ2n) is 8.03. The highest BCUT2D eigenvalue weighted by molar-refractivity contribution is 5.89. The number of aryl methyl sites for hydroxylation is 1. The van der Waals surface area contributed by atoms with Crippen LogP contribution in [0.4, 0.5) is 10.2 Å². The molecular weight excluding hydrogens is 425 g/mol. The molecule has 9 nitrogen and oxygen atoms in total. The Balaban J connectivity index is 1.48. The van der Waals surface area contributed by atoms with Gasteiger partial charge in [0.1, 0.15) is 28.5 Å². The van der Waals surface area contributed by atoms with Crippen LogP contribution in [0, 0.1) is 12.7 Å². The first-order valence-electron chi connectivity index (χ1n) is 10.6. The van der Waals surface area contributed by atoms with Gasteiger partial charge >= 0.3 is 0 Å². The number of hydrogen-bond acceptors (Lipinski definition) is 6. The molecule has 0 aliphatic carbocycles. The summed E-state index contributed by atoms with van der Waals surface area (Å²) in [5.41, 5.74) is 2.42. The number of anilines is 1. The van der Waals surface area contributed by atoms with Crippen molar-refractivity contribution in [3.8, 4) is 16.9 Å². The molecule has 1 aliphatic heterocycles. The SMILES string of the molecule is CC(=O)N1CCN(c2ccc(-c3n[nH]c4cc(=O)n(-c5c(C)cccc5F)nc34)cn2)CC1. The molecule has 168 valence electrons. The Bertz CT molecular complexity index is 1380. The number of amides is 1. The fraction of sp³-hybridized carbons (Fsp3) is 0.261. The van der Waals surface area contributed by atoms with E-state index in [0.29, 0.717) is 48.5 Å². The van der Waals surface area contributed by atoms with Gasteiger partial charge in [0.2, 0.25) is 5.91 Å². The van der Waals surface area contributed by atoms with E-state index in [0.717, 1.165) is 16.1 Å². The predicted octanol–water partition coefficient (Wildman–Crippen LogP) is 2.29. The number of fused-ring (bicyclic) bond motifs is 1. The molecule has 1 aromatic carbocycles. The van der Waals surface area contributed by atoms with Crippen LogP contribution in [0.25, 0.3) is 28.0 Å². The van der Waals surface area contributed by atoms with Crippen molar-refractivity contribution >= 4 is 22.8 Å². The van der Waals surface area contributed by atoms with Gasteiger partial charge in [-0.15, -0.1) is 0 Å². The molecule has 0 bridgehead atoms. The van der Waals surface area contributed by atoms with Gasteiger partial charge in [-0.25, -0.2) is 9.37 Å². The fourth-order valence-corrected chi connectivity index (χ4v) is 4.10. The maximum absolute atomic E-state index is 14.5. The largest absolute Gasteiger partial charge is 0.353 e. The minimum absolute atomic E-state index is 0.0833. The Morgan fingerprint density at radius 3 is 2.58 bits per heavy atom. The third-order valence-corrected chi connectivity index (χ3v) is 5.91. The monoisotopic (exact) mass is 447 g/mol. The third-order valence-electron chi connectivity index (χ3n) is 5.91. The molecule has 1 N–H and O–H groups in total. The smallest absolute Gasteiger partial charge is 0.273 e. The summed E-state index contributed by atoms with van der Waals surface area (Å²) in [6, 6.07) is 9.77. The Labute approximate surface area is 188 Å². The van der Waals surface area contributed by atoms with E-state index in [1.165, 1.54) is 12.1 Å². The topological polar surface area (TPSA) is 100 Å². The number of piperazine rings is 1. The molecular formula is C23H22FN7O2. The van der Waals surface area contributed by atoms with Crippen molar-refractivity contribution in [2.24, 2.45) is 0 Å². The van der Waals surface area contributed by atoms with Gasteiger partial charge in [-0.1, -0.05) is 12.1 Å². The molecule has 33 heavy (non-hydrogen) atoms. The average Bonchev–Trinajstić information content (AvgIpc) is 3.22. The second-order valence-corrected chi connectivity index (χ2v) is 8.03. The second kappa shape index (κ2) is 8.12. The van der Waals surface area contributed by atoms with E-state index in [2.05, 4.69) is 25.2 Å². The van der Waals surface area contributed by atoms with Crippen LogP contribution in [0.15, 0.2) is 47.4 Å². The Morgan fingerprint density at radius 1 is 1.12 bits per heavy atom. The van der Waals surface area contributed by atoms with Crippen molar-refractivity contribution in [1.82, 2.24) is 29.9 Å². The van der Waals surface area contributed by atoms with Crippen LogP contribution >= 0.6 is 0 Å². The molecule has 1 aliphatic rings. The van der Waals surface area contributed by atoms with Gasteiger partial charge in [-0.2, -0.15) is 14.9 Å². The van der Waals surface area contributed by atoms with Crippen LogP contribution in [0.3, 0.4) is 0 Å². The van der Waals surface area contributed by atoms with Crippen LogP contribution in [0.1, 0.15) is 12.5 Å². The molecule has 1 amide bonds. The number of carbonyl (C=O) groups is 1. The first-order valence-corrected chi connectivity index (χ1v) is 10.6. The summed E-state index contributed by atoms with van der Waals surface area (Å²) in [4.78, 5) is 32.7. The standard InChI is InChI=1S/C23H22FN7O2/c1-14-4-3-5-17(24)23(14)31-20(33)12-18-22(28-31)21(27-26-18)16-6-7-19(25-13-16)30-10-8-29(9-11-30)15(2)32/h3-7,12-13,26H,8-11H2,1-2H3. The van der Waals surface area contributed by atoms with Crippen molar-refractivity contribution in [3.05, 3.63) is 64.3 Å². The summed E-state index contributed by atoms with van der Waals surface area (Å²) in [5.74, 6) is 0.374. The predicted molar refractivity (Wildman–Crippen MR) is 122 cm³/mol. The van der Waals surface area contributed by atoms with Crippen molar-refractivity contribution in [3.63, 3.8) is 0 Å². The van der Waals surface area contributed by atoms with E-state index >= 15 is 0 Å². The van der Waals surface area contributed by atoms with Gasteiger partial charge in [-0.3, -0.25) is 14.7 Å². The molecule has 0 unspecified atom stereocenters. The molecule has 4 aromatic rings. The van der Waals surface area contributed by atoms with E-state index < -0.39 is 11.4 Å². The first-order chi connectivity index (χ1) is 15.9. The molecule has 1 fully saturated rings. The van der Waals surface area contributed by atoms with E-state index in [9.17, 15) is 14.0 Å². The summed E-state index contributed by atoms with van der Waals surface area (Å²) in [7, 11) is 0. The molecule has 5 rings (SSSR count). The summed E-state index contributed by atoms with van der Waals surface area (Å²) in [6.45, 7) is 6.07. The van der Waals surface area contributed by atoms with E-state index in [-0.39, 0.29) is 11.6 Å². The summed E-state index contributed by atoms with van der Waals surface area (Å²) < 4.78 is 15.6. The average molecular weight is 447 g/mol. The number of nitrogens with one attached hydrogen (secondary N) is 1. The number of aromatic amines is 1. The Hall–Kier alpha value is -4.08. The van der Waals surface area contributed by atoms with Gasteiger partial charge in [-0.05, 0) is 30.7 Å². The van der Waals surface area contributed by atoms with E-state index in [1.807, 2.05) is 17.0 Å². The first kappa shape index (κ1) is 20.8. The lowest BCUT2D eigenvalue weighted by Gasteiger charge is -2.34. The highest BCUT2D eigenvalue weighted by Gasteiger charge is 2.20. The van der Waals surface area contributed by atoms with E-state index in [1.54, 1.807) is 32.2 Å². The Morgan fingerprint density at radius 2 is 1.91 bits per heavy atom. The molecule has 0 spiro atoms. The van der Waals surface area contributed by atoms with Crippen LogP contribution < -0.4 is 10.5 Å². The molecule has 0 saturated carbocycles. The van der Waals surface area contributed by atoms with Crippen molar-refractivity contribution in [2.45, 2.75) is 13.8 Å². The molecule has 0 radical (unpaired) electrons. The minimum atomic E-state index is -0.523. The number of nitrogens with zero attached hydrogens (tertiary/aromatic N) is 6. The van der Waals surface area contributed by atoms with Crippen LogP contribution in [-0.2, 0) is 4.79 Å². The highest BCUT2D eigenvalue weighted by Crippen LogP contribution is 2.26. The number of pyridine rings is 1. The summed E-state index contributed by atoms with van der Waals surface area (Å²) in [5, 5.41) is 11.6. The normalized spacial score (nSPS) is 14.2. The highest BCUT2D eigenvalue weighted by atomic mass is 19.1. The lowest BCUT2D eigenvalue weighted by atomic mass is 10.1. The summed E-state index contributed by atoms with van der Waals surface area (Å²) in [6.07, 6.45) is 1.70. The zero-order valence-corrected chi connectivity index (χ0v) is 18.2. The Kier molecular flexibility index (Phi) is 5.12. The molecule has 4 heterocycles. The lowest BCUT2D eigenvalue weighted by Crippen LogP contribution is -2.48. The van der Waals surface area contributed by atoms with Crippen molar-refractivity contribution in [2.75, 3.05) is 31.1 Å². The molecule has 10 heteroatoms. The van der Waals surface area contributed by atoms with Crippen LogP contribution in [-0.4, -0.2) is 61.9 Å². The van der Waals surface area contributed by atoms with E-state index in [4.69, 9.17) is 0 Å². The fourth-order valence-electron chi connectivity index (χ4n) is 4.10. The zero-order chi connectivity index (χ0) is 23.1. The van der Waals surface area contributed by atoms with Crippen molar-refractivity contribution < 1.29 is 9.18 Å². The van der Waals surface area contributed by atoms with Gasteiger partial charge in [0, 0.05) is 50.9 Å². The van der Waals surface area contributed by atoms with Gasteiger partial charge in [0.05, 0.1) is 5.52 Å². The number of H-pyrrole nitrogens is 1. The van der Waals surface area contributed by atoms with Gasteiger partial charge in [0.15, 0.2) is 0 Å². The lowest BCUT2D eigenvalue weighted by molar-refractivity contribution is -0.129. The van der Waals surface area contributed by atoms with Crippen molar-refractivity contribution in [1.29, 1.82) is 0 Å². The number of aromatic nitrogens is 5. The van der Waals surface area contributed by atoms with Gasteiger partial charge < -0.3 is 9.80 Å². The zero-order valence-electron chi connectivity index (χ0n) is 18.2. The molecule has 3 aromatic heterocycles. The number of rotatable bonds is 3. The minimum Gasteiger partial charge on any atom is -0.353 e. The molecule has 1 saturated heterocycles. The summed E-state index contributed by atoms with van der Waals surface area (Å²) >= 11 is 0. The van der Waals surface area contributed by atoms with Crippen LogP contribution in [0.5, 0.6) is 0 Å². The number of carbonyl (C=O) groups excluding carboxylic acids is 1. The maximum atomic E-state index is 14.5. The maximum Gasteiger partial charge on any atom is 0.273 e. The number of para-hydroxylation sites is 1. The number of hydrogen-bond donors (Lipinski definition) is 1. The quantitative estimate of drug-likeness (QED) is 0.517. The molecule has 0 atom stereocenters. The number of halogens is 1. The van der Waals surface area contributed by atoms with Gasteiger partial charge in [0.25, 0.3) is 5.56 Å². The third kappa shape index (κ3) is 3.73. The van der Waals surface area contributed by atoms with Crippen LogP contribution in [0.2, 0.25) is 0 Å².